The number of aromatic nitrogens is 1. The van der Waals surface area contributed by atoms with E-state index in [1.54, 1.807) is 24.0 Å². The number of rotatable bonds is 4. The summed E-state index contributed by atoms with van der Waals surface area (Å²) in [5.41, 5.74) is 0.430. The largest absolute Gasteiger partial charge is 0.349 e. The fraction of sp³-hybridized carbons (Fsp3) is 0.455. The molecule has 1 heterocycles. The number of hydrogen-bond donors (Lipinski definition) is 1. The molecular weight excluding hydrogens is 288 g/mol. The lowest BCUT2D eigenvalue weighted by molar-refractivity contribution is 0.0945. The van der Waals surface area contributed by atoms with E-state index in [-0.39, 0.29) is 10.7 Å². The molecule has 0 aromatic carbocycles. The van der Waals surface area contributed by atoms with Gasteiger partial charge in [-0.1, -0.05) is 0 Å². The van der Waals surface area contributed by atoms with Gasteiger partial charge in [-0.2, -0.15) is 11.8 Å². The number of amides is 1. The van der Waals surface area contributed by atoms with Crippen LogP contribution in [0.1, 0.15) is 24.3 Å². The monoisotopic (exact) mass is 302 g/mol. The molecule has 1 aromatic heterocycles. The summed E-state index contributed by atoms with van der Waals surface area (Å²) in [6, 6.07) is 3.59. The average Bonchev–Trinajstić information content (AvgIpc) is 2.27. The van der Waals surface area contributed by atoms with E-state index >= 15 is 0 Å². The minimum Gasteiger partial charge on any atom is -0.349 e. The second-order valence-electron chi connectivity index (χ2n) is 3.98. The molecule has 3 nitrogen and oxygen atoms in total. The Balaban J connectivity index is 2.64. The Morgan fingerprint density at radius 1 is 1.62 bits per heavy atom. The highest BCUT2D eigenvalue weighted by atomic mass is 79.9. The van der Waals surface area contributed by atoms with Crippen LogP contribution in [0.3, 0.4) is 0 Å². The van der Waals surface area contributed by atoms with Gasteiger partial charge in [-0.25, -0.2) is 4.98 Å². The molecule has 1 amide bonds. The number of hydrogen-bond acceptors (Lipinski definition) is 3. The van der Waals surface area contributed by atoms with Crippen LogP contribution in [-0.4, -0.2) is 28.4 Å². The molecule has 1 rings (SSSR count). The van der Waals surface area contributed by atoms with E-state index in [0.717, 1.165) is 4.47 Å². The van der Waals surface area contributed by atoms with Crippen molar-refractivity contribution in [1.82, 2.24) is 10.3 Å². The predicted octanol–water partition coefficient (Wildman–Crippen LogP) is 2.72. The summed E-state index contributed by atoms with van der Waals surface area (Å²) in [6.45, 7) is 4.80. The molecule has 5 heteroatoms. The van der Waals surface area contributed by atoms with Crippen molar-refractivity contribution in [2.45, 2.75) is 18.6 Å². The maximum Gasteiger partial charge on any atom is 0.271 e. The summed E-state index contributed by atoms with van der Waals surface area (Å²) in [5, 5.41) is 2.88. The van der Waals surface area contributed by atoms with Gasteiger partial charge < -0.3 is 5.32 Å². The zero-order chi connectivity index (χ0) is 12.2. The van der Waals surface area contributed by atoms with Gasteiger partial charge in [-0.05, 0) is 48.2 Å². The molecule has 0 spiro atoms. The van der Waals surface area contributed by atoms with Gasteiger partial charge in [-0.3, -0.25) is 4.79 Å². The maximum atomic E-state index is 11.8. The van der Waals surface area contributed by atoms with Gasteiger partial charge >= 0.3 is 0 Å². The highest BCUT2D eigenvalue weighted by Gasteiger charge is 2.18. The Bertz CT molecular complexity index is 382. The first-order valence-corrected chi connectivity index (χ1v) is 6.92. The standard InChI is InChI=1S/C11H15BrN2OS/c1-11(2,16-3)7-14-10(15)9-8(12)5-4-6-13-9/h4-6H,7H2,1-3H3,(H,14,15). The third-order valence-electron chi connectivity index (χ3n) is 2.20. The topological polar surface area (TPSA) is 42.0 Å². The number of nitrogens with one attached hydrogen (secondary N) is 1. The summed E-state index contributed by atoms with van der Waals surface area (Å²) < 4.78 is 0.756. The van der Waals surface area contributed by atoms with Gasteiger partial charge in [0.05, 0.1) is 0 Å². The van der Waals surface area contributed by atoms with Crippen LogP contribution in [0, 0.1) is 0 Å². The van der Waals surface area contributed by atoms with Crippen LogP contribution in [-0.2, 0) is 0 Å². The van der Waals surface area contributed by atoms with Gasteiger partial charge in [0.2, 0.25) is 0 Å². The van der Waals surface area contributed by atoms with E-state index in [9.17, 15) is 4.79 Å². The Kier molecular flexibility index (Phi) is 4.80. The number of carbonyl (C=O) groups excluding carboxylic acids is 1. The van der Waals surface area contributed by atoms with Gasteiger partial charge in [0.1, 0.15) is 5.69 Å². The van der Waals surface area contributed by atoms with Gasteiger partial charge in [-0.15, -0.1) is 0 Å². The van der Waals surface area contributed by atoms with E-state index in [4.69, 9.17) is 0 Å². The molecule has 0 aliphatic carbocycles. The van der Waals surface area contributed by atoms with Crippen molar-refractivity contribution in [1.29, 1.82) is 0 Å². The quantitative estimate of drug-likeness (QED) is 0.930. The molecule has 1 aromatic rings. The van der Waals surface area contributed by atoms with Crippen LogP contribution in [0.5, 0.6) is 0 Å². The lowest BCUT2D eigenvalue weighted by atomic mass is 10.2. The molecule has 0 fully saturated rings. The second kappa shape index (κ2) is 5.68. The normalized spacial score (nSPS) is 11.2. The number of carbonyl (C=O) groups is 1. The van der Waals surface area contributed by atoms with E-state index in [1.807, 2.05) is 12.3 Å². The van der Waals surface area contributed by atoms with Crippen molar-refractivity contribution in [3.05, 3.63) is 28.5 Å². The molecule has 0 aliphatic heterocycles. The van der Waals surface area contributed by atoms with Crippen LogP contribution in [0.4, 0.5) is 0 Å². The third kappa shape index (κ3) is 3.79. The van der Waals surface area contributed by atoms with Crippen LogP contribution < -0.4 is 5.32 Å². The lowest BCUT2D eigenvalue weighted by Crippen LogP contribution is -2.36. The molecular formula is C11H15BrN2OS. The fourth-order valence-corrected chi connectivity index (χ4v) is 1.65. The molecule has 0 radical (unpaired) electrons. The maximum absolute atomic E-state index is 11.8. The smallest absolute Gasteiger partial charge is 0.271 e. The fourth-order valence-electron chi connectivity index (χ4n) is 1.00. The SMILES string of the molecule is CSC(C)(C)CNC(=O)c1ncccc1Br. The average molecular weight is 303 g/mol. The van der Waals surface area contributed by atoms with Crippen LogP contribution in [0.2, 0.25) is 0 Å². The Hall–Kier alpha value is -0.550. The van der Waals surface area contributed by atoms with E-state index in [1.165, 1.54) is 0 Å². The minimum absolute atomic E-state index is 0.0386. The molecule has 0 aliphatic rings. The van der Waals surface area contributed by atoms with Crippen molar-refractivity contribution in [3.63, 3.8) is 0 Å². The summed E-state index contributed by atoms with van der Waals surface area (Å²) in [6.07, 6.45) is 3.64. The third-order valence-corrected chi connectivity index (χ3v) is 4.09. The Morgan fingerprint density at radius 3 is 2.88 bits per heavy atom. The van der Waals surface area contributed by atoms with Crippen LogP contribution >= 0.6 is 27.7 Å². The summed E-state index contributed by atoms with van der Waals surface area (Å²) in [5.74, 6) is -0.144. The predicted molar refractivity (Wildman–Crippen MR) is 71.9 cm³/mol. The number of pyridine rings is 1. The zero-order valence-corrected chi connectivity index (χ0v) is 12.0. The molecule has 0 atom stereocenters. The van der Waals surface area contributed by atoms with Crippen molar-refractivity contribution in [2.24, 2.45) is 0 Å². The number of halogens is 1. The zero-order valence-electron chi connectivity index (χ0n) is 9.58. The van der Waals surface area contributed by atoms with E-state index in [2.05, 4.69) is 40.1 Å². The van der Waals surface area contributed by atoms with E-state index in [0.29, 0.717) is 12.2 Å². The summed E-state index contributed by atoms with van der Waals surface area (Å²) in [4.78, 5) is 15.9. The first-order valence-electron chi connectivity index (χ1n) is 4.90. The molecule has 0 unspecified atom stereocenters. The highest BCUT2D eigenvalue weighted by Crippen LogP contribution is 2.20. The first-order chi connectivity index (χ1) is 7.46. The minimum atomic E-state index is -0.144. The van der Waals surface area contributed by atoms with Crippen molar-refractivity contribution in [3.8, 4) is 0 Å². The van der Waals surface area contributed by atoms with E-state index < -0.39 is 0 Å². The first kappa shape index (κ1) is 13.5. The Morgan fingerprint density at radius 2 is 2.31 bits per heavy atom. The Labute approximate surface area is 109 Å². The molecule has 0 bridgehead atoms. The van der Waals surface area contributed by atoms with Crippen molar-refractivity contribution < 1.29 is 4.79 Å². The highest BCUT2D eigenvalue weighted by molar-refractivity contribution is 9.10. The molecule has 0 saturated carbocycles. The van der Waals surface area contributed by atoms with Gasteiger partial charge in [0.15, 0.2) is 0 Å². The molecule has 1 N–H and O–H groups in total. The lowest BCUT2D eigenvalue weighted by Gasteiger charge is -2.22. The van der Waals surface area contributed by atoms with Crippen molar-refractivity contribution in [2.75, 3.05) is 12.8 Å². The van der Waals surface area contributed by atoms with Crippen LogP contribution in [0.15, 0.2) is 22.8 Å². The summed E-state index contributed by atoms with van der Waals surface area (Å²) in [7, 11) is 0. The number of nitrogens with zero attached hydrogens (tertiary/aromatic N) is 1. The molecule has 88 valence electrons. The van der Waals surface area contributed by atoms with Gasteiger partial charge in [0, 0.05) is 22.0 Å². The molecule has 0 saturated heterocycles. The second-order valence-corrected chi connectivity index (χ2v) is 6.35. The van der Waals surface area contributed by atoms with Crippen molar-refractivity contribution >= 4 is 33.6 Å². The molecule has 16 heavy (non-hydrogen) atoms. The summed E-state index contributed by atoms with van der Waals surface area (Å²) >= 11 is 5.03. The number of thioether (sulfide) groups is 1. The van der Waals surface area contributed by atoms with Gasteiger partial charge in [0.25, 0.3) is 5.91 Å². The van der Waals surface area contributed by atoms with Crippen LogP contribution in [0.25, 0.3) is 0 Å².